The molecule has 1 aliphatic carbocycles. The molecular formula is C16H20ClFN2O2. The summed E-state index contributed by atoms with van der Waals surface area (Å²) in [6, 6.07) is 4.76. The summed E-state index contributed by atoms with van der Waals surface area (Å²) in [5, 5.41) is 6.39. The molecule has 0 unspecified atom stereocenters. The van der Waals surface area contributed by atoms with Crippen molar-refractivity contribution in [1.29, 1.82) is 0 Å². The maximum Gasteiger partial charge on any atom is 0.223 e. The van der Waals surface area contributed by atoms with Gasteiger partial charge in [-0.05, 0) is 30.5 Å². The van der Waals surface area contributed by atoms with Crippen LogP contribution in [-0.2, 0) is 9.53 Å². The van der Waals surface area contributed by atoms with Gasteiger partial charge in [0.1, 0.15) is 5.82 Å². The molecule has 2 fully saturated rings. The first-order valence-electron chi connectivity index (χ1n) is 7.70. The molecule has 1 amide bonds. The fourth-order valence-electron chi connectivity index (χ4n) is 2.75. The van der Waals surface area contributed by atoms with Gasteiger partial charge in [-0.15, -0.1) is 0 Å². The van der Waals surface area contributed by atoms with Gasteiger partial charge in [0.25, 0.3) is 0 Å². The first kappa shape index (κ1) is 15.7. The molecule has 2 atom stereocenters. The van der Waals surface area contributed by atoms with Crippen molar-refractivity contribution in [3.05, 3.63) is 34.6 Å². The minimum atomic E-state index is -0.444. The Morgan fingerprint density at radius 1 is 1.45 bits per heavy atom. The highest BCUT2D eigenvalue weighted by Gasteiger charge is 2.32. The third-order valence-electron chi connectivity index (χ3n) is 4.17. The lowest BCUT2D eigenvalue weighted by Gasteiger charge is -2.25. The second kappa shape index (κ2) is 6.94. The van der Waals surface area contributed by atoms with Crippen molar-refractivity contribution in [2.75, 3.05) is 26.2 Å². The molecule has 1 aliphatic heterocycles. The van der Waals surface area contributed by atoms with Gasteiger partial charge in [0.05, 0.1) is 17.7 Å². The molecule has 3 rings (SSSR count). The summed E-state index contributed by atoms with van der Waals surface area (Å²) in [5.74, 6) is -0.0807. The molecule has 22 heavy (non-hydrogen) atoms. The van der Waals surface area contributed by atoms with Gasteiger partial charge in [0, 0.05) is 31.5 Å². The van der Waals surface area contributed by atoms with Crippen LogP contribution in [0.4, 0.5) is 4.39 Å². The molecule has 1 saturated heterocycles. The molecule has 2 N–H and O–H groups in total. The first-order valence-corrected chi connectivity index (χ1v) is 8.08. The average Bonchev–Trinajstić information content (AvgIpc) is 3.34. The number of hydrogen-bond acceptors (Lipinski definition) is 3. The highest BCUT2D eigenvalue weighted by molar-refractivity contribution is 6.30. The van der Waals surface area contributed by atoms with E-state index < -0.39 is 5.82 Å². The van der Waals surface area contributed by atoms with Crippen molar-refractivity contribution in [3.63, 3.8) is 0 Å². The van der Waals surface area contributed by atoms with Crippen LogP contribution in [0.5, 0.6) is 0 Å². The zero-order chi connectivity index (χ0) is 15.5. The number of carbonyl (C=O) groups excluding carboxylic acids is 1. The SMILES string of the molecule is O=C(NC[C@@H]1CNCCO[C@H]1c1ccc(Cl)c(F)c1)C1CC1. The van der Waals surface area contributed by atoms with E-state index in [0.717, 1.165) is 31.5 Å². The molecule has 1 saturated carbocycles. The normalized spacial score (nSPS) is 25.5. The Labute approximate surface area is 134 Å². The van der Waals surface area contributed by atoms with E-state index in [9.17, 15) is 9.18 Å². The molecule has 2 aliphatic rings. The largest absolute Gasteiger partial charge is 0.372 e. The average molecular weight is 327 g/mol. The fourth-order valence-corrected chi connectivity index (χ4v) is 2.86. The summed E-state index contributed by atoms with van der Waals surface area (Å²) < 4.78 is 19.6. The van der Waals surface area contributed by atoms with Gasteiger partial charge in [0.2, 0.25) is 5.91 Å². The van der Waals surface area contributed by atoms with E-state index in [0.29, 0.717) is 13.2 Å². The maximum absolute atomic E-state index is 13.7. The maximum atomic E-state index is 13.7. The van der Waals surface area contributed by atoms with Gasteiger partial charge in [-0.3, -0.25) is 4.79 Å². The molecule has 1 heterocycles. The number of ether oxygens (including phenoxy) is 1. The van der Waals surface area contributed by atoms with Crippen LogP contribution in [0, 0.1) is 17.7 Å². The van der Waals surface area contributed by atoms with Gasteiger partial charge in [-0.25, -0.2) is 4.39 Å². The second-order valence-electron chi connectivity index (χ2n) is 5.95. The Bertz CT molecular complexity index is 551. The summed E-state index contributed by atoms with van der Waals surface area (Å²) in [6.07, 6.45) is 1.72. The van der Waals surface area contributed by atoms with E-state index in [2.05, 4.69) is 10.6 Å². The lowest BCUT2D eigenvalue weighted by atomic mass is 9.95. The summed E-state index contributed by atoms with van der Waals surface area (Å²) in [4.78, 5) is 11.8. The number of carbonyl (C=O) groups is 1. The van der Waals surface area contributed by atoms with E-state index in [1.165, 1.54) is 6.07 Å². The Morgan fingerprint density at radius 2 is 2.27 bits per heavy atom. The quantitative estimate of drug-likeness (QED) is 0.892. The van der Waals surface area contributed by atoms with Crippen molar-refractivity contribution in [3.8, 4) is 0 Å². The minimum absolute atomic E-state index is 0.0609. The standard InChI is InChI=1S/C16H20ClFN2O2/c17-13-4-3-11(7-14(13)18)15-12(8-19-5-6-22-15)9-20-16(21)10-1-2-10/h3-4,7,10,12,15,19H,1-2,5-6,8-9H2,(H,20,21)/t12-,15-/m0/s1. The smallest absolute Gasteiger partial charge is 0.223 e. The number of amides is 1. The highest BCUT2D eigenvalue weighted by Crippen LogP contribution is 2.31. The zero-order valence-corrected chi connectivity index (χ0v) is 13.0. The minimum Gasteiger partial charge on any atom is -0.372 e. The van der Waals surface area contributed by atoms with Crippen molar-refractivity contribution in [2.24, 2.45) is 11.8 Å². The number of nitrogens with one attached hydrogen (secondary N) is 2. The van der Waals surface area contributed by atoms with Crippen LogP contribution >= 0.6 is 11.6 Å². The van der Waals surface area contributed by atoms with Gasteiger partial charge in [0.15, 0.2) is 0 Å². The fraction of sp³-hybridized carbons (Fsp3) is 0.562. The molecule has 0 aromatic heterocycles. The second-order valence-corrected chi connectivity index (χ2v) is 6.36. The van der Waals surface area contributed by atoms with Gasteiger partial charge < -0.3 is 15.4 Å². The summed E-state index contributed by atoms with van der Waals surface area (Å²) in [7, 11) is 0. The third-order valence-corrected chi connectivity index (χ3v) is 4.48. The number of benzene rings is 1. The van der Waals surface area contributed by atoms with E-state index in [1.54, 1.807) is 12.1 Å². The Hall–Kier alpha value is -1.17. The lowest BCUT2D eigenvalue weighted by molar-refractivity contribution is -0.122. The predicted octanol–water partition coefficient (Wildman–Crippen LogP) is 2.28. The van der Waals surface area contributed by atoms with Crippen molar-refractivity contribution < 1.29 is 13.9 Å². The molecule has 4 nitrogen and oxygen atoms in total. The van der Waals surface area contributed by atoms with Crippen LogP contribution in [0.25, 0.3) is 0 Å². The van der Waals surface area contributed by atoms with Gasteiger partial charge in [-0.1, -0.05) is 17.7 Å². The highest BCUT2D eigenvalue weighted by atomic mass is 35.5. The predicted molar refractivity (Wildman–Crippen MR) is 82.2 cm³/mol. The number of halogens is 2. The monoisotopic (exact) mass is 326 g/mol. The van der Waals surface area contributed by atoms with E-state index >= 15 is 0 Å². The summed E-state index contributed by atoms with van der Waals surface area (Å²) in [5.41, 5.74) is 0.760. The molecule has 0 bridgehead atoms. The van der Waals surface area contributed by atoms with Crippen LogP contribution in [0.2, 0.25) is 5.02 Å². The molecule has 0 radical (unpaired) electrons. The topological polar surface area (TPSA) is 50.4 Å². The van der Waals surface area contributed by atoms with Crippen molar-refractivity contribution in [1.82, 2.24) is 10.6 Å². The van der Waals surface area contributed by atoms with E-state index in [-0.39, 0.29) is 28.9 Å². The van der Waals surface area contributed by atoms with E-state index in [1.807, 2.05) is 0 Å². The number of hydrogen-bond donors (Lipinski definition) is 2. The van der Waals surface area contributed by atoms with Gasteiger partial charge in [-0.2, -0.15) is 0 Å². The Kier molecular flexibility index (Phi) is 4.96. The first-order chi connectivity index (χ1) is 10.6. The zero-order valence-electron chi connectivity index (χ0n) is 12.3. The molecule has 120 valence electrons. The van der Waals surface area contributed by atoms with Crippen LogP contribution < -0.4 is 10.6 Å². The molecule has 0 spiro atoms. The Balaban J connectivity index is 1.71. The molecular weight excluding hydrogens is 307 g/mol. The van der Waals surface area contributed by atoms with Gasteiger partial charge >= 0.3 is 0 Å². The Morgan fingerprint density at radius 3 is 3.00 bits per heavy atom. The molecule has 6 heteroatoms. The van der Waals surface area contributed by atoms with Crippen LogP contribution in [0.3, 0.4) is 0 Å². The van der Waals surface area contributed by atoms with Crippen LogP contribution in [-0.4, -0.2) is 32.1 Å². The van der Waals surface area contributed by atoms with Crippen LogP contribution in [0.1, 0.15) is 24.5 Å². The van der Waals surface area contributed by atoms with Crippen LogP contribution in [0.15, 0.2) is 18.2 Å². The summed E-state index contributed by atoms with van der Waals surface area (Å²) >= 11 is 5.75. The molecule has 1 aromatic carbocycles. The molecule has 1 aromatic rings. The summed E-state index contributed by atoms with van der Waals surface area (Å²) in [6.45, 7) is 2.55. The van der Waals surface area contributed by atoms with Crippen molar-refractivity contribution in [2.45, 2.75) is 18.9 Å². The van der Waals surface area contributed by atoms with E-state index in [4.69, 9.17) is 16.3 Å². The van der Waals surface area contributed by atoms with Crippen molar-refractivity contribution >= 4 is 17.5 Å². The third kappa shape index (κ3) is 3.77. The number of rotatable bonds is 4. The lowest BCUT2D eigenvalue weighted by Crippen LogP contribution is -2.37.